The van der Waals surface area contributed by atoms with Gasteiger partial charge < -0.3 is 43.2 Å². The molecule has 2 aliphatic rings. The number of rotatable bonds is 8. The Kier molecular flexibility index (Phi) is 23.8. The monoisotopic (exact) mass is 1260 g/mol. The summed E-state index contributed by atoms with van der Waals surface area (Å²) in [7, 11) is -1.00. The van der Waals surface area contributed by atoms with Crippen LogP contribution in [0.1, 0.15) is 80.7 Å². The van der Waals surface area contributed by atoms with Gasteiger partial charge >= 0.3 is 0 Å². The Balaban J connectivity index is 0.000000168. The van der Waals surface area contributed by atoms with E-state index < -0.39 is 7.15 Å². The molecule has 450 valence electrons. The lowest BCUT2D eigenvalue weighted by atomic mass is 10.1. The van der Waals surface area contributed by atoms with Crippen molar-refractivity contribution in [1.82, 2.24) is 65.0 Å². The number of benzene rings is 5. The lowest BCUT2D eigenvalue weighted by Gasteiger charge is -2.27. The van der Waals surface area contributed by atoms with Crippen molar-refractivity contribution in [2.24, 2.45) is 0 Å². The number of nitrogens with one attached hydrogen (secondary N) is 2. The van der Waals surface area contributed by atoms with Crippen LogP contribution >= 0.6 is 58.6 Å². The number of carbonyl (C=O) groups is 2. The predicted molar refractivity (Wildman–Crippen MR) is 337 cm³/mol. The van der Waals surface area contributed by atoms with Gasteiger partial charge in [-0.05, 0) is 169 Å². The number of oxazole rings is 3. The maximum absolute atomic E-state index is 13.6. The smallest absolute Gasteiger partial charge is 0.298 e. The molecule has 7 heterocycles. The topological polar surface area (TPSA) is 202 Å². The first-order valence-electron chi connectivity index (χ1n) is 28.3. The number of amides is 2. The third-order valence-electron chi connectivity index (χ3n) is 14.0. The van der Waals surface area contributed by atoms with Gasteiger partial charge in [0.15, 0.2) is 16.7 Å². The molecule has 0 saturated carbocycles. The quantitative estimate of drug-likeness (QED) is 0.136. The number of hydrogen-bond donors (Lipinski definition) is 2. The van der Waals surface area contributed by atoms with Gasteiger partial charge in [0, 0.05) is 59.9 Å². The van der Waals surface area contributed by atoms with Crippen molar-refractivity contribution < 1.29 is 28.6 Å². The molecule has 0 spiro atoms. The van der Waals surface area contributed by atoms with E-state index in [0.717, 1.165) is 72.5 Å². The SMILES string of the molecule is CCN(CC)CC.Cc1ccc(-n2nccn2)c(C(=O)N2CCN(c3nc4cc(Cl)ccc4o3)CCC2C)c1.Cc1ccc(-n2nccn2)c(C(=O)N2CCNCCC2C)c1.Clc1ccc2oc(Cl)nc2c1.S=c1[nH]c2cc(Cl)ccc2o1.[2H]CF. The Morgan fingerprint density at radius 2 is 1.13 bits per heavy atom. The Labute approximate surface area is 519 Å². The van der Waals surface area contributed by atoms with Gasteiger partial charge in [-0.3, -0.25) is 14.0 Å². The maximum Gasteiger partial charge on any atom is 0.298 e. The molecule has 10 aromatic rings. The fourth-order valence-corrected chi connectivity index (χ4v) is 10.2. The lowest BCUT2D eigenvalue weighted by molar-refractivity contribution is 0.0696. The molecular weight excluding hydrogens is 1190 g/mol. The zero-order chi connectivity index (χ0) is 61.9. The molecule has 0 bridgehead atoms. The average molecular weight is 1260 g/mol. The molecule has 5 aromatic carbocycles. The van der Waals surface area contributed by atoms with Crippen LogP contribution in [0.15, 0.2) is 129 Å². The Morgan fingerprint density at radius 1 is 0.635 bits per heavy atom. The summed E-state index contributed by atoms with van der Waals surface area (Å²) in [5.41, 5.74) is 9.06. The summed E-state index contributed by atoms with van der Waals surface area (Å²) in [5, 5.41) is 22.2. The Bertz CT molecular complexity index is 3820. The highest BCUT2D eigenvalue weighted by Gasteiger charge is 2.30. The van der Waals surface area contributed by atoms with Crippen molar-refractivity contribution in [3.05, 3.63) is 163 Å². The second-order valence-electron chi connectivity index (χ2n) is 19.6. The van der Waals surface area contributed by atoms with Gasteiger partial charge in [0.05, 0.1) is 61.3 Å². The highest BCUT2D eigenvalue weighted by Crippen LogP contribution is 2.28. The van der Waals surface area contributed by atoms with Crippen LogP contribution in [0.4, 0.5) is 10.4 Å². The van der Waals surface area contributed by atoms with Crippen LogP contribution in [-0.2, 0) is 0 Å². The number of carbonyl (C=O) groups excluding carboxylic acids is 2. The van der Waals surface area contributed by atoms with E-state index in [9.17, 15) is 14.0 Å². The molecule has 2 amide bonds. The Morgan fingerprint density at radius 3 is 1.67 bits per heavy atom. The molecule has 5 aromatic heterocycles. The number of hydrogen-bond acceptors (Lipinski definition) is 15. The molecule has 2 N–H and O–H groups in total. The van der Waals surface area contributed by atoms with Crippen molar-refractivity contribution >= 4 is 110 Å². The summed E-state index contributed by atoms with van der Waals surface area (Å²) in [6.07, 6.45) is 8.21. The van der Waals surface area contributed by atoms with Gasteiger partial charge in [0.1, 0.15) is 11.0 Å². The van der Waals surface area contributed by atoms with Gasteiger partial charge in [0.2, 0.25) is 0 Å². The Hall–Kier alpha value is -7.24. The molecular formula is C60H69Cl4FN14O5S. The number of fused-ring (bicyclic) bond motifs is 3. The van der Waals surface area contributed by atoms with Crippen LogP contribution in [0.3, 0.4) is 0 Å². The largest absolute Gasteiger partial charge is 0.429 e. The molecule has 0 aliphatic carbocycles. The zero-order valence-corrected chi connectivity index (χ0v) is 52.2. The molecule has 2 aliphatic heterocycles. The van der Waals surface area contributed by atoms with E-state index in [1.165, 1.54) is 29.2 Å². The van der Waals surface area contributed by atoms with Gasteiger partial charge in [0.25, 0.3) is 28.0 Å². The highest BCUT2D eigenvalue weighted by atomic mass is 35.5. The lowest BCUT2D eigenvalue weighted by Crippen LogP contribution is -2.40. The summed E-state index contributed by atoms with van der Waals surface area (Å²) in [6.45, 7) is 22.7. The zero-order valence-electron chi connectivity index (χ0n) is 49.3. The molecule has 0 radical (unpaired) electrons. The van der Waals surface area contributed by atoms with Crippen molar-refractivity contribution in [2.45, 2.75) is 73.4 Å². The van der Waals surface area contributed by atoms with Crippen molar-refractivity contribution in [2.75, 3.05) is 71.0 Å². The van der Waals surface area contributed by atoms with E-state index in [1.807, 2.05) is 66.1 Å². The summed E-state index contributed by atoms with van der Waals surface area (Å²) < 4.78 is 31.6. The maximum atomic E-state index is 13.6. The van der Waals surface area contributed by atoms with E-state index in [-0.39, 0.29) is 29.2 Å². The fourth-order valence-electron chi connectivity index (χ4n) is 9.34. The van der Waals surface area contributed by atoms with Gasteiger partial charge in [-0.1, -0.05) is 78.8 Å². The first-order valence-corrected chi connectivity index (χ1v) is 29.5. The van der Waals surface area contributed by atoms with Crippen LogP contribution in [-0.4, -0.2) is 150 Å². The number of H-pyrrole nitrogens is 1. The summed E-state index contributed by atoms with van der Waals surface area (Å²) in [6, 6.07) is 28.3. The summed E-state index contributed by atoms with van der Waals surface area (Å²) in [4.78, 5) is 49.8. The molecule has 19 nitrogen and oxygen atoms in total. The summed E-state index contributed by atoms with van der Waals surface area (Å²) in [5.74, 6) is 0.0203. The standard InChI is InChI=1S/C23H23ClN6O2.C16H21N5O.C7H3Cl2NO.C7H4ClNOS.C6H15N.CH3F/c1-15-3-5-20(30-25-8-9-26-30)18(13-15)22(31)29-12-11-28(10-7-16(29)2)23-27-19-14-17(24)4-6-21(19)32-23;1-12-3-4-15(21-18-7-8-19-21)14(11-12)16(22)20-10-9-17-6-5-13(20)2;8-4-1-2-6-5(3-4)10-7(9)11-6;8-4-1-2-6-5(3-4)9-7(11)10-6;1-4-7(5-2)6-3;1-2/h3-6,8-9,13-14,16H,7,10-12H2,1-2H3;3-4,7-8,11,13,17H,5-6,9-10H2,1-2H3;1-3H;1-3H,(H,9,11);4-6H2,1-3H3;1H3/i;;;;;1D. The second kappa shape index (κ2) is 31.8. The molecule has 2 fully saturated rings. The summed E-state index contributed by atoms with van der Waals surface area (Å²) >= 11 is 27.8. The van der Waals surface area contributed by atoms with Crippen molar-refractivity contribution in [3.8, 4) is 11.4 Å². The first-order chi connectivity index (χ1) is 41.4. The molecule has 2 unspecified atom stereocenters. The van der Waals surface area contributed by atoms with Gasteiger partial charge in [-0.2, -0.15) is 40.0 Å². The predicted octanol–water partition coefficient (Wildman–Crippen LogP) is 13.7. The second-order valence-corrected chi connectivity index (χ2v) is 21.7. The van der Waals surface area contributed by atoms with Crippen LogP contribution in [0.2, 0.25) is 20.4 Å². The number of aromatic nitrogens is 9. The minimum absolute atomic E-state index is 0.0281. The van der Waals surface area contributed by atoms with Gasteiger partial charge in [-0.15, -0.1) is 0 Å². The van der Waals surface area contributed by atoms with Crippen LogP contribution < -0.4 is 10.2 Å². The number of alkyl halides is 1. The third-order valence-corrected chi connectivity index (χ3v) is 15.0. The average Bonchev–Trinajstić information content (AvgIpc) is 2.01. The highest BCUT2D eigenvalue weighted by molar-refractivity contribution is 7.71. The van der Waals surface area contributed by atoms with E-state index >= 15 is 0 Å². The van der Waals surface area contributed by atoms with Crippen molar-refractivity contribution in [1.29, 1.82) is 0 Å². The van der Waals surface area contributed by atoms with Crippen molar-refractivity contribution in [3.63, 3.8) is 0 Å². The number of halogens is 5. The molecule has 25 heteroatoms. The molecule has 85 heavy (non-hydrogen) atoms. The van der Waals surface area contributed by atoms with Crippen LogP contribution in [0.5, 0.6) is 0 Å². The number of aryl methyl sites for hydroxylation is 2. The molecule has 2 atom stereocenters. The number of aromatic amines is 1. The molecule has 2 saturated heterocycles. The van der Waals surface area contributed by atoms with Gasteiger partial charge in [-0.25, -0.2) is 0 Å². The van der Waals surface area contributed by atoms with E-state index in [2.05, 4.69) is 85.1 Å². The fraction of sp³-hybridized carbons (Fsp3) is 0.350. The van der Waals surface area contributed by atoms with E-state index in [1.54, 1.807) is 73.3 Å². The number of anilines is 1. The van der Waals surface area contributed by atoms with Crippen LogP contribution in [0.25, 0.3) is 44.7 Å². The number of nitrogens with zero attached hydrogens (tertiary/aromatic N) is 12. The van der Waals surface area contributed by atoms with E-state index in [4.69, 9.17) is 73.2 Å². The van der Waals surface area contributed by atoms with Crippen LogP contribution in [0, 0.1) is 18.7 Å². The normalized spacial score (nSPS) is 15.2. The third kappa shape index (κ3) is 17.7. The van der Waals surface area contributed by atoms with E-state index in [0.29, 0.717) is 72.5 Å². The minimum Gasteiger partial charge on any atom is -0.429 e. The molecule has 12 rings (SSSR count). The minimum atomic E-state index is -1.00. The first kappa shape index (κ1) is 63.8.